The van der Waals surface area contributed by atoms with Crippen LogP contribution in [0.25, 0.3) is 0 Å². The van der Waals surface area contributed by atoms with Crippen molar-refractivity contribution >= 4 is 23.7 Å². The minimum absolute atomic E-state index is 0.238. The number of halogens is 6. The third-order valence-corrected chi connectivity index (χ3v) is 5.46. The standard InChI is InChI=1S/C20H27F6N3O6/c1-18(2,3)35-17(33)29-8-11(19(21,22)23)7-13(29)16(32)28-12(6-10-4-5-27-15(10)31)14(30)9-34-20(24,25)26/h10-13H,4-9H2,1-3H3,(H,27,31)(H,28,32)/t10-,11+,12-,13-/m0/s1. The van der Waals surface area contributed by atoms with Gasteiger partial charge in [-0.1, -0.05) is 0 Å². The quantitative estimate of drug-likeness (QED) is 0.499. The van der Waals surface area contributed by atoms with Gasteiger partial charge in [-0.15, -0.1) is 13.2 Å². The van der Waals surface area contributed by atoms with Crippen molar-refractivity contribution in [3.05, 3.63) is 0 Å². The smallest absolute Gasteiger partial charge is 0.444 e. The lowest BCUT2D eigenvalue weighted by Crippen LogP contribution is -2.52. The average Bonchev–Trinajstić information content (AvgIpc) is 3.30. The second-order valence-corrected chi connectivity index (χ2v) is 9.40. The highest BCUT2D eigenvalue weighted by Gasteiger charge is 2.52. The third-order valence-electron chi connectivity index (χ3n) is 5.46. The zero-order valence-electron chi connectivity index (χ0n) is 19.2. The zero-order chi connectivity index (χ0) is 26.8. The average molecular weight is 519 g/mol. The maximum absolute atomic E-state index is 13.4. The Kier molecular flexibility index (Phi) is 8.66. The van der Waals surface area contributed by atoms with Crippen molar-refractivity contribution in [3.8, 4) is 0 Å². The van der Waals surface area contributed by atoms with Crippen LogP contribution in [0, 0.1) is 11.8 Å². The largest absolute Gasteiger partial charge is 0.522 e. The number of rotatable bonds is 7. The van der Waals surface area contributed by atoms with E-state index in [2.05, 4.69) is 15.4 Å². The predicted octanol–water partition coefficient (Wildman–Crippen LogP) is 2.29. The monoisotopic (exact) mass is 519 g/mol. The van der Waals surface area contributed by atoms with E-state index < -0.39 is 85.3 Å². The molecule has 0 aromatic heterocycles. The van der Waals surface area contributed by atoms with E-state index in [0.29, 0.717) is 4.90 Å². The van der Waals surface area contributed by atoms with Gasteiger partial charge in [0.2, 0.25) is 11.8 Å². The second kappa shape index (κ2) is 10.6. The van der Waals surface area contributed by atoms with Gasteiger partial charge < -0.3 is 15.4 Å². The fourth-order valence-electron chi connectivity index (χ4n) is 3.79. The fourth-order valence-corrected chi connectivity index (χ4v) is 3.79. The molecule has 0 bridgehead atoms. The number of hydrogen-bond acceptors (Lipinski definition) is 6. The number of Topliss-reactive ketones (excluding diaryl/α,β-unsaturated/α-hetero) is 1. The van der Waals surface area contributed by atoms with Crippen molar-refractivity contribution in [2.24, 2.45) is 11.8 Å². The fraction of sp³-hybridized carbons (Fsp3) is 0.800. The number of alkyl halides is 6. The minimum Gasteiger partial charge on any atom is -0.444 e. The van der Waals surface area contributed by atoms with E-state index >= 15 is 0 Å². The van der Waals surface area contributed by atoms with Gasteiger partial charge in [0, 0.05) is 19.0 Å². The summed E-state index contributed by atoms with van der Waals surface area (Å²) >= 11 is 0. The molecular weight excluding hydrogens is 492 g/mol. The van der Waals surface area contributed by atoms with Crippen LogP contribution in [0.4, 0.5) is 31.1 Å². The number of carbonyl (C=O) groups is 4. The second-order valence-electron chi connectivity index (χ2n) is 9.40. The summed E-state index contributed by atoms with van der Waals surface area (Å²) in [5.41, 5.74) is -1.09. The van der Waals surface area contributed by atoms with Crippen molar-refractivity contribution in [1.29, 1.82) is 0 Å². The Morgan fingerprint density at radius 2 is 1.77 bits per heavy atom. The zero-order valence-corrected chi connectivity index (χ0v) is 19.2. The van der Waals surface area contributed by atoms with E-state index in [4.69, 9.17) is 4.74 Å². The number of hydrogen-bond donors (Lipinski definition) is 2. The molecule has 0 aromatic carbocycles. The van der Waals surface area contributed by atoms with E-state index in [1.54, 1.807) is 0 Å². The van der Waals surface area contributed by atoms with Crippen molar-refractivity contribution in [2.45, 2.75) is 70.3 Å². The summed E-state index contributed by atoms with van der Waals surface area (Å²) in [7, 11) is 0. The molecule has 3 amide bonds. The summed E-state index contributed by atoms with van der Waals surface area (Å²) in [6.07, 6.45) is -12.1. The summed E-state index contributed by atoms with van der Waals surface area (Å²) < 4.78 is 85.9. The Morgan fingerprint density at radius 1 is 1.14 bits per heavy atom. The lowest BCUT2D eigenvalue weighted by atomic mass is 9.95. The Morgan fingerprint density at radius 3 is 2.26 bits per heavy atom. The molecule has 2 N–H and O–H groups in total. The third kappa shape index (κ3) is 8.54. The van der Waals surface area contributed by atoms with Crippen LogP contribution in [-0.2, 0) is 23.9 Å². The Labute approximate surface area is 196 Å². The maximum atomic E-state index is 13.4. The van der Waals surface area contributed by atoms with Crippen LogP contribution in [-0.4, -0.2) is 78.5 Å². The van der Waals surface area contributed by atoms with Gasteiger partial charge >= 0.3 is 18.6 Å². The maximum Gasteiger partial charge on any atom is 0.522 e. The highest BCUT2D eigenvalue weighted by Crippen LogP contribution is 2.37. The molecular formula is C20H27F6N3O6. The first-order valence-corrected chi connectivity index (χ1v) is 10.7. The van der Waals surface area contributed by atoms with Gasteiger partial charge in [-0.05, 0) is 40.0 Å². The Hall–Kier alpha value is -2.58. The van der Waals surface area contributed by atoms with E-state index in [1.165, 1.54) is 20.8 Å². The number of nitrogens with zero attached hydrogens (tertiary/aromatic N) is 1. The summed E-state index contributed by atoms with van der Waals surface area (Å²) in [6.45, 7) is 2.31. The van der Waals surface area contributed by atoms with Gasteiger partial charge in [-0.3, -0.25) is 24.0 Å². The molecule has 0 unspecified atom stereocenters. The number of amides is 3. The summed E-state index contributed by atoms with van der Waals surface area (Å²) in [5.74, 6) is -5.78. The summed E-state index contributed by atoms with van der Waals surface area (Å²) in [4.78, 5) is 50.3. The van der Waals surface area contributed by atoms with E-state index in [0.717, 1.165) is 0 Å². The SMILES string of the molecule is CC(C)(C)OC(=O)N1C[C@H](C(F)(F)F)C[C@H]1C(=O)N[C@@H](C[C@@H]1CCNC1=O)C(=O)COC(F)(F)F. The minimum atomic E-state index is -5.14. The number of nitrogens with one attached hydrogen (secondary N) is 2. The van der Waals surface area contributed by atoms with E-state index in [1.807, 2.05) is 0 Å². The van der Waals surface area contributed by atoms with E-state index in [-0.39, 0.29) is 19.4 Å². The van der Waals surface area contributed by atoms with Crippen LogP contribution < -0.4 is 10.6 Å². The van der Waals surface area contributed by atoms with Crippen LogP contribution in [0.15, 0.2) is 0 Å². The van der Waals surface area contributed by atoms with Gasteiger partial charge in [0.05, 0.1) is 12.0 Å². The highest BCUT2D eigenvalue weighted by molar-refractivity contribution is 5.93. The molecule has 35 heavy (non-hydrogen) atoms. The van der Waals surface area contributed by atoms with Gasteiger partial charge in [0.15, 0.2) is 5.78 Å². The van der Waals surface area contributed by atoms with Crippen molar-refractivity contribution in [3.63, 3.8) is 0 Å². The Balaban J connectivity index is 2.23. The van der Waals surface area contributed by atoms with E-state index in [9.17, 15) is 45.5 Å². The van der Waals surface area contributed by atoms with Gasteiger partial charge in [-0.25, -0.2) is 4.79 Å². The van der Waals surface area contributed by atoms with Crippen LogP contribution in [0.1, 0.15) is 40.0 Å². The number of carbonyl (C=O) groups excluding carboxylic acids is 4. The Bertz CT molecular complexity index is 826. The number of ketones is 1. The predicted molar refractivity (Wildman–Crippen MR) is 106 cm³/mol. The van der Waals surface area contributed by atoms with Crippen molar-refractivity contribution in [1.82, 2.24) is 15.5 Å². The molecule has 2 rings (SSSR count). The number of ether oxygens (including phenoxy) is 2. The summed E-state index contributed by atoms with van der Waals surface area (Å²) in [5, 5.41) is 4.61. The molecule has 200 valence electrons. The summed E-state index contributed by atoms with van der Waals surface area (Å²) in [6, 6.07) is -3.36. The molecule has 2 aliphatic heterocycles. The van der Waals surface area contributed by atoms with Crippen molar-refractivity contribution < 1.29 is 55.0 Å². The topological polar surface area (TPSA) is 114 Å². The highest BCUT2D eigenvalue weighted by atomic mass is 19.4. The normalized spacial score (nSPS) is 24.2. The lowest BCUT2D eigenvalue weighted by Gasteiger charge is -2.29. The first-order chi connectivity index (χ1) is 15.9. The molecule has 0 aromatic rings. The van der Waals surface area contributed by atoms with Crippen LogP contribution in [0.3, 0.4) is 0 Å². The van der Waals surface area contributed by atoms with Crippen LogP contribution >= 0.6 is 0 Å². The van der Waals surface area contributed by atoms with Crippen LogP contribution in [0.2, 0.25) is 0 Å². The molecule has 4 atom stereocenters. The van der Waals surface area contributed by atoms with Crippen molar-refractivity contribution in [2.75, 3.05) is 19.7 Å². The molecule has 15 heteroatoms. The molecule has 0 saturated carbocycles. The molecule has 9 nitrogen and oxygen atoms in total. The first kappa shape index (κ1) is 28.7. The molecule has 2 fully saturated rings. The molecule has 2 heterocycles. The molecule has 2 aliphatic rings. The molecule has 0 aliphatic carbocycles. The lowest BCUT2D eigenvalue weighted by molar-refractivity contribution is -0.321. The molecule has 0 spiro atoms. The molecule has 2 saturated heterocycles. The van der Waals surface area contributed by atoms with Gasteiger partial charge in [0.25, 0.3) is 0 Å². The number of likely N-dealkylation sites (tertiary alicyclic amines) is 1. The van der Waals surface area contributed by atoms with Crippen LogP contribution in [0.5, 0.6) is 0 Å². The van der Waals surface area contributed by atoms with Gasteiger partial charge in [-0.2, -0.15) is 13.2 Å². The molecule has 0 radical (unpaired) electrons. The van der Waals surface area contributed by atoms with Gasteiger partial charge in [0.1, 0.15) is 18.2 Å². The first-order valence-electron chi connectivity index (χ1n) is 10.7.